The van der Waals surface area contributed by atoms with Gasteiger partial charge in [-0.05, 0) is 61.4 Å². The van der Waals surface area contributed by atoms with Crippen LogP contribution in [0.5, 0.6) is 11.5 Å². The van der Waals surface area contributed by atoms with Gasteiger partial charge >= 0.3 is 0 Å². The average molecular weight is 538 g/mol. The highest BCUT2D eigenvalue weighted by Gasteiger charge is 2.35. The van der Waals surface area contributed by atoms with Crippen LogP contribution in [0.15, 0.2) is 77.7 Å². The molecule has 1 saturated heterocycles. The molecule has 1 atom stereocenters. The molecule has 1 aliphatic heterocycles. The Labute approximate surface area is 225 Å². The van der Waals surface area contributed by atoms with Crippen molar-refractivity contribution in [1.29, 1.82) is 0 Å². The van der Waals surface area contributed by atoms with Gasteiger partial charge < -0.3 is 18.9 Å². The SMILES string of the molecule is COc1cc2c(cc1OC)C(=O)[C@@H](CC1CC[NH+](Cc3ccccc3)CC1)C2.O=S(=O)([O-])c1ccccc1. The molecule has 5 rings (SSSR count). The van der Waals surface area contributed by atoms with E-state index in [4.69, 9.17) is 9.47 Å². The molecule has 8 heteroatoms. The zero-order valence-corrected chi connectivity index (χ0v) is 22.7. The van der Waals surface area contributed by atoms with Crippen LogP contribution in [0.3, 0.4) is 0 Å². The monoisotopic (exact) mass is 537 g/mol. The van der Waals surface area contributed by atoms with Crippen LogP contribution in [0.2, 0.25) is 0 Å². The van der Waals surface area contributed by atoms with Gasteiger partial charge in [-0.15, -0.1) is 0 Å². The molecule has 7 nitrogen and oxygen atoms in total. The lowest BCUT2D eigenvalue weighted by molar-refractivity contribution is -0.919. The summed E-state index contributed by atoms with van der Waals surface area (Å²) >= 11 is 0. The van der Waals surface area contributed by atoms with Gasteiger partial charge in [-0.25, -0.2) is 8.42 Å². The van der Waals surface area contributed by atoms with Crippen LogP contribution in [0.4, 0.5) is 0 Å². The second-order valence-electron chi connectivity index (χ2n) is 9.99. The third kappa shape index (κ3) is 7.01. The molecule has 0 saturated carbocycles. The summed E-state index contributed by atoms with van der Waals surface area (Å²) in [4.78, 5) is 14.4. The van der Waals surface area contributed by atoms with Gasteiger partial charge in [-0.1, -0.05) is 48.5 Å². The maximum atomic E-state index is 12.9. The number of ketones is 1. The normalized spacial score (nSPS) is 20.7. The molecule has 0 bridgehead atoms. The van der Waals surface area contributed by atoms with Gasteiger partial charge in [-0.2, -0.15) is 0 Å². The highest BCUT2D eigenvalue weighted by Crippen LogP contribution is 2.39. The van der Waals surface area contributed by atoms with E-state index in [0.29, 0.717) is 17.4 Å². The molecule has 3 aromatic carbocycles. The lowest BCUT2D eigenvalue weighted by Crippen LogP contribution is -3.11. The Bertz CT molecular complexity index is 1320. The highest BCUT2D eigenvalue weighted by molar-refractivity contribution is 7.85. The minimum atomic E-state index is -4.25. The fourth-order valence-electron chi connectivity index (χ4n) is 5.46. The number of rotatable bonds is 7. The Morgan fingerprint density at radius 2 is 1.47 bits per heavy atom. The van der Waals surface area contributed by atoms with Crippen LogP contribution in [0, 0.1) is 11.8 Å². The number of fused-ring (bicyclic) bond motifs is 1. The van der Waals surface area contributed by atoms with Gasteiger partial charge in [0.2, 0.25) is 0 Å². The molecule has 1 heterocycles. The predicted octanol–water partition coefficient (Wildman–Crippen LogP) is 3.53. The molecule has 0 radical (unpaired) electrons. The Balaban J connectivity index is 0.000000283. The van der Waals surface area contributed by atoms with E-state index in [1.165, 1.54) is 55.8 Å². The van der Waals surface area contributed by atoms with E-state index >= 15 is 0 Å². The largest absolute Gasteiger partial charge is 0.744 e. The first-order chi connectivity index (χ1) is 18.3. The summed E-state index contributed by atoms with van der Waals surface area (Å²) in [6, 6.07) is 21.8. The van der Waals surface area contributed by atoms with E-state index < -0.39 is 10.1 Å². The second kappa shape index (κ2) is 12.6. The van der Waals surface area contributed by atoms with E-state index in [9.17, 15) is 17.8 Å². The number of nitrogens with one attached hydrogen (secondary N) is 1. The number of carbonyl (C=O) groups is 1. The van der Waals surface area contributed by atoms with E-state index in [2.05, 4.69) is 30.3 Å². The fraction of sp³-hybridized carbons (Fsp3) is 0.367. The van der Waals surface area contributed by atoms with Crippen LogP contribution in [-0.4, -0.2) is 46.1 Å². The van der Waals surface area contributed by atoms with Gasteiger partial charge in [0.25, 0.3) is 0 Å². The van der Waals surface area contributed by atoms with Crippen molar-refractivity contribution >= 4 is 15.9 Å². The standard InChI is InChI=1S/C24H29NO3.C6H6O3S/c1-27-22-14-19-13-20(24(26)21(19)15-23(22)28-2)12-17-8-10-25(11-9-17)16-18-6-4-3-5-7-18;7-10(8,9)6-4-2-1-3-5-6/h3-7,14-15,17,20H,8-13,16H2,1-2H3;1-5H,(H,7,8,9)/t20-;/m0./s1. The highest BCUT2D eigenvalue weighted by atomic mass is 32.2. The van der Waals surface area contributed by atoms with Crippen molar-refractivity contribution in [3.63, 3.8) is 0 Å². The zero-order valence-electron chi connectivity index (χ0n) is 21.9. The number of carbonyl (C=O) groups excluding carboxylic acids is 1. The third-order valence-corrected chi connectivity index (χ3v) is 8.32. The van der Waals surface area contributed by atoms with Crippen molar-refractivity contribution in [2.24, 2.45) is 11.8 Å². The molecular formula is C30H35NO6S. The smallest absolute Gasteiger partial charge is 0.166 e. The van der Waals surface area contributed by atoms with Crippen molar-refractivity contribution in [2.75, 3.05) is 27.3 Å². The molecule has 1 N–H and O–H groups in total. The van der Waals surface area contributed by atoms with Crippen LogP contribution in [0.25, 0.3) is 0 Å². The van der Waals surface area contributed by atoms with Gasteiger partial charge in [-0.3, -0.25) is 4.79 Å². The first-order valence-corrected chi connectivity index (χ1v) is 14.4. The number of quaternary nitrogens is 1. The minimum absolute atomic E-state index is 0.118. The Kier molecular flexibility index (Phi) is 9.20. The summed E-state index contributed by atoms with van der Waals surface area (Å²) in [5.41, 5.74) is 3.36. The first-order valence-electron chi connectivity index (χ1n) is 13.0. The van der Waals surface area contributed by atoms with Gasteiger partial charge in [0.15, 0.2) is 17.3 Å². The lowest BCUT2D eigenvalue weighted by Gasteiger charge is -2.30. The van der Waals surface area contributed by atoms with Gasteiger partial charge in [0.1, 0.15) is 16.7 Å². The quantitative estimate of drug-likeness (QED) is 0.463. The molecule has 0 amide bonds. The lowest BCUT2D eigenvalue weighted by atomic mass is 9.85. The fourth-order valence-corrected chi connectivity index (χ4v) is 5.95. The maximum absolute atomic E-state index is 12.9. The van der Waals surface area contributed by atoms with E-state index in [1.54, 1.807) is 25.2 Å². The van der Waals surface area contributed by atoms with E-state index in [-0.39, 0.29) is 16.6 Å². The maximum Gasteiger partial charge on any atom is 0.166 e. The summed E-state index contributed by atoms with van der Waals surface area (Å²) in [7, 11) is -0.992. The van der Waals surface area contributed by atoms with Crippen LogP contribution in [0.1, 0.15) is 40.7 Å². The second-order valence-corrected chi connectivity index (χ2v) is 11.4. The minimum Gasteiger partial charge on any atom is -0.744 e. The van der Waals surface area contributed by atoms with Crippen LogP contribution in [-0.2, 0) is 23.1 Å². The molecular weight excluding hydrogens is 502 g/mol. The summed E-state index contributed by atoms with van der Waals surface area (Å²) in [5, 5.41) is 0. The summed E-state index contributed by atoms with van der Waals surface area (Å²) < 4.78 is 41.6. The Morgan fingerprint density at radius 3 is 2.03 bits per heavy atom. The molecule has 38 heavy (non-hydrogen) atoms. The molecule has 202 valence electrons. The van der Waals surface area contributed by atoms with Gasteiger partial charge in [0.05, 0.1) is 32.2 Å². The molecule has 2 aliphatic rings. The Morgan fingerprint density at radius 1 is 0.895 bits per heavy atom. The third-order valence-electron chi connectivity index (χ3n) is 7.47. The molecule has 0 aromatic heterocycles. The van der Waals surface area contributed by atoms with Gasteiger partial charge in [0, 0.05) is 17.0 Å². The molecule has 1 fully saturated rings. The topological polar surface area (TPSA) is 97.2 Å². The predicted molar refractivity (Wildman–Crippen MR) is 144 cm³/mol. The number of hydrogen-bond acceptors (Lipinski definition) is 6. The van der Waals surface area contributed by atoms with E-state index in [1.807, 2.05) is 12.1 Å². The molecule has 0 spiro atoms. The van der Waals surface area contributed by atoms with Crippen LogP contribution >= 0.6 is 0 Å². The van der Waals surface area contributed by atoms with E-state index in [0.717, 1.165) is 30.5 Å². The van der Waals surface area contributed by atoms with Crippen molar-refractivity contribution in [2.45, 2.75) is 37.1 Å². The number of Topliss-reactive ketones (excluding diaryl/α,β-unsaturated/α-hetero) is 1. The number of ether oxygens (including phenoxy) is 2. The zero-order chi connectivity index (χ0) is 27.1. The van der Waals surface area contributed by atoms with Crippen molar-refractivity contribution in [3.05, 3.63) is 89.5 Å². The number of benzene rings is 3. The number of likely N-dealkylation sites (tertiary alicyclic amines) is 1. The summed E-state index contributed by atoms with van der Waals surface area (Å²) in [6.07, 6.45) is 4.28. The Hall–Kier alpha value is -3.20. The first kappa shape index (κ1) is 27.8. The number of hydrogen-bond donors (Lipinski definition) is 1. The van der Waals surface area contributed by atoms with Crippen molar-refractivity contribution in [1.82, 2.24) is 0 Å². The summed E-state index contributed by atoms with van der Waals surface area (Å²) in [5.74, 6) is 2.43. The molecule has 0 unspecified atom stereocenters. The van der Waals surface area contributed by atoms with Crippen molar-refractivity contribution < 1.29 is 32.1 Å². The van der Waals surface area contributed by atoms with Crippen molar-refractivity contribution in [3.8, 4) is 11.5 Å². The average Bonchev–Trinajstić information content (AvgIpc) is 3.23. The number of piperidine rings is 1. The number of methoxy groups -OCH3 is 2. The molecule has 1 aliphatic carbocycles. The van der Waals surface area contributed by atoms with Crippen LogP contribution < -0.4 is 14.4 Å². The molecule has 3 aromatic rings. The summed E-state index contributed by atoms with van der Waals surface area (Å²) in [6.45, 7) is 3.52.